The average molecular weight is 288 g/mol. The molecule has 0 fully saturated rings. The molecule has 3 nitrogen and oxygen atoms in total. The van der Waals surface area contributed by atoms with Crippen LogP contribution in [0.5, 0.6) is 0 Å². The van der Waals surface area contributed by atoms with E-state index in [4.69, 9.17) is 0 Å². The van der Waals surface area contributed by atoms with Gasteiger partial charge in [0.1, 0.15) is 0 Å². The van der Waals surface area contributed by atoms with Gasteiger partial charge < -0.3 is 10.6 Å². The Morgan fingerprint density at radius 3 is 2.70 bits per heavy atom. The quantitative estimate of drug-likeness (QED) is 0.848. The molecule has 1 amide bonds. The molecule has 1 heterocycles. The summed E-state index contributed by atoms with van der Waals surface area (Å²) >= 11 is 1.71. The van der Waals surface area contributed by atoms with Crippen LogP contribution in [-0.4, -0.2) is 12.5 Å². The molecule has 0 spiro atoms. The normalized spacial score (nSPS) is 10.3. The molecular weight excluding hydrogens is 268 g/mol. The highest BCUT2D eigenvalue weighted by atomic mass is 32.1. The molecule has 0 atom stereocenters. The summed E-state index contributed by atoms with van der Waals surface area (Å²) in [5.41, 5.74) is 1.60. The molecule has 0 aliphatic heterocycles. The van der Waals surface area contributed by atoms with E-state index in [0.29, 0.717) is 12.1 Å². The highest BCUT2D eigenvalue weighted by Crippen LogP contribution is 2.17. The van der Waals surface area contributed by atoms with Crippen molar-refractivity contribution in [3.63, 3.8) is 0 Å². The third-order valence-electron chi connectivity index (χ3n) is 2.96. The second kappa shape index (κ2) is 7.10. The van der Waals surface area contributed by atoms with Crippen molar-refractivity contribution in [3.8, 4) is 0 Å². The van der Waals surface area contributed by atoms with Crippen LogP contribution in [0.2, 0.25) is 0 Å². The molecule has 20 heavy (non-hydrogen) atoms. The first-order chi connectivity index (χ1) is 9.70. The van der Waals surface area contributed by atoms with E-state index in [1.165, 1.54) is 9.75 Å². The number of nitrogens with one attached hydrogen (secondary N) is 2. The lowest BCUT2D eigenvalue weighted by Gasteiger charge is -2.11. The van der Waals surface area contributed by atoms with Gasteiger partial charge in [0.2, 0.25) is 0 Å². The third-order valence-corrected chi connectivity index (χ3v) is 3.96. The van der Waals surface area contributed by atoms with E-state index in [-0.39, 0.29) is 5.91 Å². The SMILES string of the molecule is CCCNc1ccccc1C(=O)NCc1ccc(C)s1. The number of thiophene rings is 1. The molecule has 1 aromatic heterocycles. The molecule has 0 aliphatic carbocycles. The van der Waals surface area contributed by atoms with Crippen LogP contribution >= 0.6 is 11.3 Å². The smallest absolute Gasteiger partial charge is 0.253 e. The molecule has 4 heteroatoms. The number of rotatable bonds is 6. The molecule has 0 radical (unpaired) electrons. The standard InChI is InChI=1S/C16H20N2OS/c1-3-10-17-15-7-5-4-6-14(15)16(19)18-11-13-9-8-12(2)20-13/h4-9,17H,3,10-11H2,1-2H3,(H,18,19). The lowest BCUT2D eigenvalue weighted by Crippen LogP contribution is -2.23. The minimum absolute atomic E-state index is 0.0322. The molecule has 0 saturated heterocycles. The molecule has 1 aromatic carbocycles. The zero-order valence-corrected chi connectivity index (χ0v) is 12.7. The zero-order chi connectivity index (χ0) is 14.4. The molecule has 2 rings (SSSR count). The zero-order valence-electron chi connectivity index (χ0n) is 11.9. The third kappa shape index (κ3) is 3.84. The Balaban J connectivity index is 2.01. The Morgan fingerprint density at radius 2 is 2.00 bits per heavy atom. The van der Waals surface area contributed by atoms with E-state index in [9.17, 15) is 4.79 Å². The van der Waals surface area contributed by atoms with Crippen LogP contribution in [0.3, 0.4) is 0 Å². The average Bonchev–Trinajstić information content (AvgIpc) is 2.88. The summed E-state index contributed by atoms with van der Waals surface area (Å²) in [6.45, 7) is 5.63. The van der Waals surface area contributed by atoms with Crippen molar-refractivity contribution in [3.05, 3.63) is 51.7 Å². The summed E-state index contributed by atoms with van der Waals surface area (Å²) in [7, 11) is 0. The highest BCUT2D eigenvalue weighted by molar-refractivity contribution is 7.11. The van der Waals surface area contributed by atoms with Gasteiger partial charge in [-0.15, -0.1) is 11.3 Å². The van der Waals surface area contributed by atoms with E-state index < -0.39 is 0 Å². The summed E-state index contributed by atoms with van der Waals surface area (Å²) in [5, 5.41) is 6.26. The summed E-state index contributed by atoms with van der Waals surface area (Å²) < 4.78 is 0. The Bertz CT molecular complexity index is 577. The van der Waals surface area contributed by atoms with Crippen molar-refractivity contribution < 1.29 is 4.79 Å². The van der Waals surface area contributed by atoms with Crippen molar-refractivity contribution in [2.45, 2.75) is 26.8 Å². The van der Waals surface area contributed by atoms with Crippen LogP contribution in [0.15, 0.2) is 36.4 Å². The number of para-hydroxylation sites is 1. The number of amides is 1. The van der Waals surface area contributed by atoms with Crippen molar-refractivity contribution in [1.29, 1.82) is 0 Å². The van der Waals surface area contributed by atoms with Gasteiger partial charge in [0.15, 0.2) is 0 Å². The van der Waals surface area contributed by atoms with Gasteiger partial charge in [-0.1, -0.05) is 19.1 Å². The topological polar surface area (TPSA) is 41.1 Å². The van der Waals surface area contributed by atoms with Gasteiger partial charge in [-0.25, -0.2) is 0 Å². The summed E-state index contributed by atoms with van der Waals surface area (Å²) in [5.74, 6) is -0.0322. The van der Waals surface area contributed by atoms with Crippen molar-refractivity contribution in [1.82, 2.24) is 5.32 Å². The number of hydrogen-bond acceptors (Lipinski definition) is 3. The van der Waals surface area contributed by atoms with Crippen LogP contribution in [-0.2, 0) is 6.54 Å². The number of aryl methyl sites for hydroxylation is 1. The molecule has 0 bridgehead atoms. The van der Waals surface area contributed by atoms with Gasteiger partial charge in [0.05, 0.1) is 12.1 Å². The Morgan fingerprint density at radius 1 is 1.20 bits per heavy atom. The molecule has 0 unspecified atom stereocenters. The summed E-state index contributed by atoms with van der Waals surface area (Å²) in [6.07, 6.45) is 1.03. The second-order valence-electron chi connectivity index (χ2n) is 4.67. The number of anilines is 1. The van der Waals surface area contributed by atoms with Gasteiger partial charge in [0, 0.05) is 22.0 Å². The van der Waals surface area contributed by atoms with Gasteiger partial charge in [-0.3, -0.25) is 4.79 Å². The molecule has 2 N–H and O–H groups in total. The minimum atomic E-state index is -0.0322. The van der Waals surface area contributed by atoms with E-state index in [0.717, 1.165) is 18.7 Å². The first-order valence-electron chi connectivity index (χ1n) is 6.87. The molecule has 0 aliphatic rings. The molecule has 2 aromatic rings. The lowest BCUT2D eigenvalue weighted by atomic mass is 10.1. The van der Waals surface area contributed by atoms with E-state index in [1.807, 2.05) is 24.3 Å². The predicted octanol–water partition coefficient (Wildman–Crippen LogP) is 3.81. The maximum atomic E-state index is 12.3. The monoisotopic (exact) mass is 288 g/mol. The van der Waals surface area contributed by atoms with E-state index >= 15 is 0 Å². The van der Waals surface area contributed by atoms with Crippen molar-refractivity contribution in [2.75, 3.05) is 11.9 Å². The Labute approximate surface area is 124 Å². The first kappa shape index (κ1) is 14.6. The van der Waals surface area contributed by atoms with E-state index in [2.05, 4.69) is 36.6 Å². The molecule has 0 saturated carbocycles. The second-order valence-corrected chi connectivity index (χ2v) is 6.04. The maximum absolute atomic E-state index is 12.3. The lowest BCUT2D eigenvalue weighted by molar-refractivity contribution is 0.0952. The van der Waals surface area contributed by atoms with Gasteiger partial charge in [-0.05, 0) is 37.6 Å². The van der Waals surface area contributed by atoms with Crippen LogP contribution < -0.4 is 10.6 Å². The highest BCUT2D eigenvalue weighted by Gasteiger charge is 2.10. The number of carbonyl (C=O) groups is 1. The number of benzene rings is 1. The first-order valence-corrected chi connectivity index (χ1v) is 7.68. The van der Waals surface area contributed by atoms with Gasteiger partial charge in [0.25, 0.3) is 5.91 Å². The van der Waals surface area contributed by atoms with Crippen molar-refractivity contribution >= 4 is 22.9 Å². The Hall–Kier alpha value is -1.81. The van der Waals surface area contributed by atoms with Crippen LogP contribution in [0.4, 0.5) is 5.69 Å². The summed E-state index contributed by atoms with van der Waals surface area (Å²) in [6, 6.07) is 11.8. The molecular formula is C16H20N2OS. The fraction of sp³-hybridized carbons (Fsp3) is 0.312. The number of hydrogen-bond donors (Lipinski definition) is 2. The van der Waals surface area contributed by atoms with Crippen LogP contribution in [0, 0.1) is 6.92 Å². The fourth-order valence-corrected chi connectivity index (χ4v) is 2.77. The minimum Gasteiger partial charge on any atom is -0.384 e. The van der Waals surface area contributed by atoms with Crippen LogP contribution in [0.25, 0.3) is 0 Å². The van der Waals surface area contributed by atoms with Gasteiger partial charge >= 0.3 is 0 Å². The predicted molar refractivity (Wildman–Crippen MR) is 85.4 cm³/mol. The van der Waals surface area contributed by atoms with Crippen molar-refractivity contribution in [2.24, 2.45) is 0 Å². The summed E-state index contributed by atoms with van der Waals surface area (Å²) in [4.78, 5) is 14.7. The Kier molecular flexibility index (Phi) is 5.18. The largest absolute Gasteiger partial charge is 0.384 e. The fourth-order valence-electron chi connectivity index (χ4n) is 1.94. The van der Waals surface area contributed by atoms with E-state index in [1.54, 1.807) is 11.3 Å². The molecule has 106 valence electrons. The maximum Gasteiger partial charge on any atom is 0.253 e. The number of carbonyl (C=O) groups excluding carboxylic acids is 1. The van der Waals surface area contributed by atoms with Crippen LogP contribution in [0.1, 0.15) is 33.5 Å². The van der Waals surface area contributed by atoms with Gasteiger partial charge in [-0.2, -0.15) is 0 Å².